The molecule has 0 aromatic heterocycles. The van der Waals surface area contributed by atoms with E-state index in [1.807, 2.05) is 0 Å². The van der Waals surface area contributed by atoms with E-state index in [9.17, 15) is 18.3 Å². The maximum atomic E-state index is 12.4. The highest BCUT2D eigenvalue weighted by molar-refractivity contribution is 5.67. The monoisotopic (exact) mass is 260 g/mol. The van der Waals surface area contributed by atoms with Crippen LogP contribution >= 0.6 is 0 Å². The predicted octanol–water partition coefficient (Wildman–Crippen LogP) is 2.47. The van der Waals surface area contributed by atoms with E-state index < -0.39 is 17.8 Å². The zero-order valence-electron chi connectivity index (χ0n) is 9.67. The molecule has 0 heterocycles. The number of rotatable bonds is 4. The number of benzene rings is 1. The summed E-state index contributed by atoms with van der Waals surface area (Å²) in [4.78, 5) is 0. The minimum Gasteiger partial charge on any atom is -0.397 e. The van der Waals surface area contributed by atoms with Crippen molar-refractivity contribution in [3.63, 3.8) is 0 Å². The highest BCUT2D eigenvalue weighted by Crippen LogP contribution is 2.34. The molecule has 1 aromatic rings. The SMILES string of the molecule is Nc1cc(C(F)(F)F)ccc1NCC(O)C1CC1. The van der Waals surface area contributed by atoms with Gasteiger partial charge in [0.15, 0.2) is 0 Å². The smallest absolute Gasteiger partial charge is 0.397 e. The van der Waals surface area contributed by atoms with E-state index in [1.54, 1.807) is 0 Å². The molecule has 0 radical (unpaired) electrons. The van der Waals surface area contributed by atoms with Gasteiger partial charge in [0.25, 0.3) is 0 Å². The summed E-state index contributed by atoms with van der Waals surface area (Å²) in [7, 11) is 0. The first-order valence-electron chi connectivity index (χ1n) is 5.76. The fourth-order valence-electron chi connectivity index (χ4n) is 1.76. The number of nitrogens with two attached hydrogens (primary N) is 1. The minimum absolute atomic E-state index is 0.0350. The highest BCUT2D eigenvalue weighted by atomic mass is 19.4. The van der Waals surface area contributed by atoms with Crippen molar-refractivity contribution < 1.29 is 18.3 Å². The second-order valence-corrected chi connectivity index (χ2v) is 4.59. The van der Waals surface area contributed by atoms with Crippen LogP contribution in [0, 0.1) is 5.92 Å². The summed E-state index contributed by atoms with van der Waals surface area (Å²) in [5.41, 5.74) is 5.24. The van der Waals surface area contributed by atoms with Crippen LogP contribution < -0.4 is 11.1 Å². The molecular formula is C12H15F3N2O. The highest BCUT2D eigenvalue weighted by Gasteiger charge is 2.31. The number of hydrogen-bond acceptors (Lipinski definition) is 3. The van der Waals surface area contributed by atoms with Crippen LogP contribution in [0.3, 0.4) is 0 Å². The van der Waals surface area contributed by atoms with Gasteiger partial charge < -0.3 is 16.2 Å². The van der Waals surface area contributed by atoms with E-state index in [1.165, 1.54) is 6.07 Å². The van der Waals surface area contributed by atoms with E-state index in [0.29, 0.717) is 18.2 Å². The summed E-state index contributed by atoms with van der Waals surface area (Å²) < 4.78 is 37.2. The third kappa shape index (κ3) is 3.07. The van der Waals surface area contributed by atoms with E-state index in [-0.39, 0.29) is 5.69 Å². The number of hydrogen-bond donors (Lipinski definition) is 3. The molecule has 0 saturated heterocycles. The minimum atomic E-state index is -4.39. The zero-order chi connectivity index (χ0) is 13.3. The Morgan fingerprint density at radius 1 is 1.39 bits per heavy atom. The first-order chi connectivity index (χ1) is 8.38. The number of anilines is 2. The van der Waals surface area contributed by atoms with E-state index >= 15 is 0 Å². The zero-order valence-corrected chi connectivity index (χ0v) is 9.67. The average molecular weight is 260 g/mol. The van der Waals surface area contributed by atoms with Gasteiger partial charge in [-0.2, -0.15) is 13.2 Å². The standard InChI is InChI=1S/C12H15F3N2O/c13-12(14,15)8-3-4-10(9(16)5-8)17-6-11(18)7-1-2-7/h3-5,7,11,17-18H,1-2,6,16H2. The molecule has 100 valence electrons. The van der Waals surface area contributed by atoms with Gasteiger partial charge in [0.05, 0.1) is 23.0 Å². The molecule has 1 aliphatic carbocycles. The number of alkyl halides is 3. The van der Waals surface area contributed by atoms with Crippen LogP contribution in [0.25, 0.3) is 0 Å². The van der Waals surface area contributed by atoms with Crippen molar-refractivity contribution >= 4 is 11.4 Å². The van der Waals surface area contributed by atoms with E-state index in [0.717, 1.165) is 25.0 Å². The summed E-state index contributed by atoms with van der Waals surface area (Å²) in [5, 5.41) is 12.5. The first-order valence-corrected chi connectivity index (χ1v) is 5.76. The Hall–Kier alpha value is -1.43. The Kier molecular flexibility index (Phi) is 3.38. The van der Waals surface area contributed by atoms with Crippen LogP contribution in [-0.2, 0) is 6.18 Å². The molecule has 1 atom stereocenters. The van der Waals surface area contributed by atoms with Crippen LogP contribution in [0.1, 0.15) is 18.4 Å². The van der Waals surface area contributed by atoms with Crippen LogP contribution in [-0.4, -0.2) is 17.8 Å². The molecular weight excluding hydrogens is 245 g/mol. The third-order valence-corrected chi connectivity index (χ3v) is 3.05. The Bertz CT molecular complexity index is 430. The maximum absolute atomic E-state index is 12.4. The Morgan fingerprint density at radius 3 is 2.56 bits per heavy atom. The molecule has 1 saturated carbocycles. The van der Waals surface area contributed by atoms with Gasteiger partial charge in [0, 0.05) is 6.54 Å². The number of nitrogens with one attached hydrogen (secondary N) is 1. The topological polar surface area (TPSA) is 58.3 Å². The summed E-state index contributed by atoms with van der Waals surface area (Å²) in [6.07, 6.45) is -2.84. The number of aliphatic hydroxyl groups is 1. The summed E-state index contributed by atoms with van der Waals surface area (Å²) in [6.45, 7) is 0.306. The molecule has 1 aliphatic rings. The Labute approximate surface area is 103 Å². The van der Waals surface area contributed by atoms with Crippen molar-refractivity contribution in [3.8, 4) is 0 Å². The molecule has 0 bridgehead atoms. The van der Waals surface area contributed by atoms with Gasteiger partial charge in [-0.15, -0.1) is 0 Å². The van der Waals surface area contributed by atoms with Crippen molar-refractivity contribution in [3.05, 3.63) is 23.8 Å². The fourth-order valence-corrected chi connectivity index (χ4v) is 1.76. The second kappa shape index (κ2) is 4.68. The number of aliphatic hydroxyl groups excluding tert-OH is 1. The van der Waals surface area contributed by atoms with Crippen LogP contribution in [0.15, 0.2) is 18.2 Å². The largest absolute Gasteiger partial charge is 0.416 e. The van der Waals surface area contributed by atoms with Gasteiger partial charge in [-0.05, 0) is 37.0 Å². The van der Waals surface area contributed by atoms with Crippen molar-refractivity contribution in [1.29, 1.82) is 0 Å². The van der Waals surface area contributed by atoms with Crippen molar-refractivity contribution in [1.82, 2.24) is 0 Å². The van der Waals surface area contributed by atoms with Gasteiger partial charge in [-0.3, -0.25) is 0 Å². The van der Waals surface area contributed by atoms with Crippen molar-refractivity contribution in [2.24, 2.45) is 5.92 Å². The predicted molar refractivity (Wildman–Crippen MR) is 63.1 cm³/mol. The quantitative estimate of drug-likeness (QED) is 0.729. The molecule has 0 spiro atoms. The number of halogens is 3. The molecule has 6 heteroatoms. The average Bonchev–Trinajstić information content (AvgIpc) is 3.09. The lowest BCUT2D eigenvalue weighted by molar-refractivity contribution is -0.137. The van der Waals surface area contributed by atoms with E-state index in [4.69, 9.17) is 5.73 Å². The van der Waals surface area contributed by atoms with Crippen LogP contribution in [0.2, 0.25) is 0 Å². The normalized spacial score (nSPS) is 17.6. The van der Waals surface area contributed by atoms with Crippen molar-refractivity contribution in [2.75, 3.05) is 17.6 Å². The van der Waals surface area contributed by atoms with Gasteiger partial charge in [-0.1, -0.05) is 0 Å². The van der Waals surface area contributed by atoms with Gasteiger partial charge >= 0.3 is 6.18 Å². The number of nitrogen functional groups attached to an aromatic ring is 1. The van der Waals surface area contributed by atoms with Crippen LogP contribution in [0.5, 0.6) is 0 Å². The molecule has 3 nitrogen and oxygen atoms in total. The molecule has 18 heavy (non-hydrogen) atoms. The van der Waals surface area contributed by atoms with Gasteiger partial charge in [0.1, 0.15) is 0 Å². The van der Waals surface area contributed by atoms with Gasteiger partial charge in [0.2, 0.25) is 0 Å². The van der Waals surface area contributed by atoms with Crippen molar-refractivity contribution in [2.45, 2.75) is 25.1 Å². The lowest BCUT2D eigenvalue weighted by Gasteiger charge is -2.15. The molecule has 1 fully saturated rings. The maximum Gasteiger partial charge on any atom is 0.416 e. The molecule has 2 rings (SSSR count). The molecule has 1 aromatic carbocycles. The summed E-state index contributed by atoms with van der Waals surface area (Å²) in [5.74, 6) is 0.313. The molecule has 1 unspecified atom stereocenters. The Balaban J connectivity index is 2.00. The lowest BCUT2D eigenvalue weighted by atomic mass is 10.1. The molecule has 0 aliphatic heterocycles. The summed E-state index contributed by atoms with van der Waals surface area (Å²) >= 11 is 0. The molecule has 0 amide bonds. The van der Waals surface area contributed by atoms with Crippen LogP contribution in [0.4, 0.5) is 24.5 Å². The second-order valence-electron chi connectivity index (χ2n) is 4.59. The lowest BCUT2D eigenvalue weighted by Crippen LogP contribution is -2.21. The molecule has 4 N–H and O–H groups in total. The third-order valence-electron chi connectivity index (χ3n) is 3.05. The first kappa shape index (κ1) is 13.0. The van der Waals surface area contributed by atoms with Gasteiger partial charge in [-0.25, -0.2) is 0 Å². The Morgan fingerprint density at radius 2 is 2.06 bits per heavy atom. The van der Waals surface area contributed by atoms with E-state index in [2.05, 4.69) is 5.32 Å². The summed E-state index contributed by atoms with van der Waals surface area (Å²) in [6, 6.07) is 3.16. The fraction of sp³-hybridized carbons (Fsp3) is 0.500.